The van der Waals surface area contributed by atoms with E-state index in [0.29, 0.717) is 12.5 Å². The predicted octanol–water partition coefficient (Wildman–Crippen LogP) is 2.24. The van der Waals surface area contributed by atoms with Gasteiger partial charge in [-0.25, -0.2) is 0 Å². The molecule has 0 aliphatic carbocycles. The fourth-order valence-electron chi connectivity index (χ4n) is 3.27. The molecule has 22 heavy (non-hydrogen) atoms. The summed E-state index contributed by atoms with van der Waals surface area (Å²) in [4.78, 5) is 14.6. The van der Waals surface area contributed by atoms with Crippen LogP contribution in [-0.2, 0) is 11.2 Å². The summed E-state index contributed by atoms with van der Waals surface area (Å²) < 4.78 is 5.92. The van der Waals surface area contributed by atoms with Crippen LogP contribution in [0.1, 0.15) is 29.5 Å². The lowest BCUT2D eigenvalue weighted by Gasteiger charge is -2.33. The van der Waals surface area contributed by atoms with Crippen LogP contribution in [0.15, 0.2) is 12.1 Å². The molecule has 0 aromatic heterocycles. The fraction of sp³-hybridized carbons (Fsp3) is 0.588. The third-order valence-corrected chi connectivity index (χ3v) is 4.77. The number of benzene rings is 1. The van der Waals surface area contributed by atoms with Crippen LogP contribution in [0, 0.1) is 13.8 Å². The number of fused-ring (bicyclic) bond motifs is 1. The van der Waals surface area contributed by atoms with E-state index in [4.69, 9.17) is 4.74 Å². The molecule has 1 aromatic carbocycles. The molecule has 1 amide bonds. The lowest BCUT2D eigenvalue weighted by Crippen LogP contribution is -2.50. The highest BCUT2D eigenvalue weighted by Crippen LogP contribution is 2.32. The number of hydrogen-bond acceptors (Lipinski definition) is 3. The topological polar surface area (TPSA) is 41.6 Å². The summed E-state index contributed by atoms with van der Waals surface area (Å²) in [7, 11) is 1.96. The molecule has 4 nitrogen and oxygen atoms in total. The maximum atomic E-state index is 12.7. The molecule has 3 rings (SSSR count). The molecule has 1 saturated heterocycles. The van der Waals surface area contributed by atoms with Gasteiger partial charge in [0.05, 0.1) is 0 Å². The number of piperidine rings is 1. The molecule has 1 fully saturated rings. The third kappa shape index (κ3) is 3.23. The summed E-state index contributed by atoms with van der Waals surface area (Å²) >= 11 is 0. The van der Waals surface area contributed by atoms with Gasteiger partial charge in [-0.05, 0) is 56.5 Å². The first kappa shape index (κ1) is 17.1. The lowest BCUT2D eigenvalue weighted by molar-refractivity contribution is -0.139. The fourth-order valence-corrected chi connectivity index (χ4v) is 3.27. The smallest absolute Gasteiger partial charge is 0.264 e. The van der Waals surface area contributed by atoms with E-state index < -0.39 is 0 Å². The monoisotopic (exact) mass is 324 g/mol. The standard InChI is InChI=1S/C17H24N2O2.ClH/c1-11-7-13-9-16(21-15(13)8-12(11)2)17(20)19-6-4-5-14(10-19)18-3;/h7-8,14,16,18H,4-6,9-10H2,1-3H3;1H. The molecular formula is C17H25ClN2O2. The molecular weight excluding hydrogens is 300 g/mol. The van der Waals surface area contributed by atoms with E-state index >= 15 is 0 Å². The second-order valence-corrected chi connectivity index (χ2v) is 6.27. The Balaban J connectivity index is 0.00000176. The van der Waals surface area contributed by atoms with Gasteiger partial charge in [-0.3, -0.25) is 4.79 Å². The van der Waals surface area contributed by atoms with Crippen LogP contribution in [0.2, 0.25) is 0 Å². The van der Waals surface area contributed by atoms with E-state index in [1.165, 1.54) is 16.7 Å². The molecule has 2 aliphatic rings. The number of nitrogens with one attached hydrogen (secondary N) is 1. The molecule has 122 valence electrons. The first-order chi connectivity index (χ1) is 10.1. The number of halogens is 1. The predicted molar refractivity (Wildman–Crippen MR) is 89.9 cm³/mol. The molecule has 5 heteroatoms. The first-order valence-corrected chi connectivity index (χ1v) is 7.81. The van der Waals surface area contributed by atoms with Crippen molar-refractivity contribution in [1.29, 1.82) is 0 Å². The van der Waals surface area contributed by atoms with Gasteiger partial charge < -0.3 is 15.0 Å². The van der Waals surface area contributed by atoms with Gasteiger partial charge in [0.15, 0.2) is 6.10 Å². The Bertz CT molecular complexity index is 531. The highest BCUT2D eigenvalue weighted by Gasteiger charge is 2.34. The Labute approximate surface area is 138 Å². The van der Waals surface area contributed by atoms with Crippen LogP contribution in [0.4, 0.5) is 0 Å². The number of carbonyl (C=O) groups excluding carboxylic acids is 1. The lowest BCUT2D eigenvalue weighted by atomic mass is 10.0. The van der Waals surface area contributed by atoms with Gasteiger partial charge in [0.25, 0.3) is 5.91 Å². The molecule has 0 saturated carbocycles. The Morgan fingerprint density at radius 3 is 2.77 bits per heavy atom. The Morgan fingerprint density at radius 2 is 2.05 bits per heavy atom. The molecule has 2 aliphatic heterocycles. The highest BCUT2D eigenvalue weighted by atomic mass is 35.5. The summed E-state index contributed by atoms with van der Waals surface area (Å²) in [5.74, 6) is 1.03. The van der Waals surface area contributed by atoms with Crippen LogP contribution < -0.4 is 10.1 Å². The highest BCUT2D eigenvalue weighted by molar-refractivity contribution is 5.85. The number of hydrogen-bond donors (Lipinski definition) is 1. The average Bonchev–Trinajstić information content (AvgIpc) is 2.89. The second kappa shape index (κ2) is 6.88. The van der Waals surface area contributed by atoms with Crippen LogP contribution in [0.5, 0.6) is 5.75 Å². The Kier molecular flexibility index (Phi) is 5.35. The Morgan fingerprint density at radius 1 is 1.32 bits per heavy atom. The molecule has 0 radical (unpaired) electrons. The minimum Gasteiger partial charge on any atom is -0.480 e. The minimum atomic E-state index is -0.336. The van der Waals surface area contributed by atoms with E-state index in [0.717, 1.165) is 31.7 Å². The third-order valence-electron chi connectivity index (χ3n) is 4.77. The summed E-state index contributed by atoms with van der Waals surface area (Å²) in [6, 6.07) is 4.63. The minimum absolute atomic E-state index is 0. The normalized spacial score (nSPS) is 23.5. The van der Waals surface area contributed by atoms with Gasteiger partial charge in [-0.1, -0.05) is 6.07 Å². The number of likely N-dealkylation sites (tertiary alicyclic amines) is 1. The van der Waals surface area contributed by atoms with Crippen molar-refractivity contribution in [2.24, 2.45) is 0 Å². The van der Waals surface area contributed by atoms with Crippen molar-refractivity contribution >= 4 is 18.3 Å². The van der Waals surface area contributed by atoms with E-state index in [-0.39, 0.29) is 24.4 Å². The maximum Gasteiger partial charge on any atom is 0.264 e. The van der Waals surface area contributed by atoms with Gasteiger partial charge in [0.2, 0.25) is 0 Å². The van der Waals surface area contributed by atoms with Crippen molar-refractivity contribution < 1.29 is 9.53 Å². The zero-order chi connectivity index (χ0) is 15.0. The van der Waals surface area contributed by atoms with Crippen LogP contribution >= 0.6 is 12.4 Å². The molecule has 0 spiro atoms. The Hall–Kier alpha value is -1.26. The van der Waals surface area contributed by atoms with Gasteiger partial charge in [-0.15, -0.1) is 12.4 Å². The first-order valence-electron chi connectivity index (χ1n) is 7.81. The number of likely N-dealkylation sites (N-methyl/N-ethyl adjacent to an activating group) is 1. The van der Waals surface area contributed by atoms with Gasteiger partial charge in [0.1, 0.15) is 5.75 Å². The molecule has 2 unspecified atom stereocenters. The largest absolute Gasteiger partial charge is 0.480 e. The van der Waals surface area contributed by atoms with Crippen molar-refractivity contribution in [1.82, 2.24) is 10.2 Å². The molecule has 0 bridgehead atoms. The van der Waals surface area contributed by atoms with E-state index in [2.05, 4.69) is 31.3 Å². The van der Waals surface area contributed by atoms with Gasteiger partial charge >= 0.3 is 0 Å². The van der Waals surface area contributed by atoms with Crippen molar-refractivity contribution in [3.8, 4) is 5.75 Å². The van der Waals surface area contributed by atoms with Crippen LogP contribution in [-0.4, -0.2) is 43.1 Å². The zero-order valence-corrected chi connectivity index (χ0v) is 14.3. The average molecular weight is 325 g/mol. The van der Waals surface area contributed by atoms with Crippen molar-refractivity contribution in [2.45, 2.75) is 45.3 Å². The number of amides is 1. The summed E-state index contributed by atoms with van der Waals surface area (Å²) in [5, 5.41) is 3.28. The molecule has 1 N–H and O–H groups in total. The van der Waals surface area contributed by atoms with Gasteiger partial charge in [0, 0.05) is 25.6 Å². The summed E-state index contributed by atoms with van der Waals surface area (Å²) in [6.07, 6.45) is 2.58. The van der Waals surface area contributed by atoms with Crippen molar-refractivity contribution in [3.05, 3.63) is 28.8 Å². The summed E-state index contributed by atoms with van der Waals surface area (Å²) in [6.45, 7) is 5.83. The number of aryl methyl sites for hydroxylation is 2. The number of rotatable bonds is 2. The number of ether oxygens (including phenoxy) is 1. The summed E-state index contributed by atoms with van der Waals surface area (Å²) in [5.41, 5.74) is 3.65. The quantitative estimate of drug-likeness (QED) is 0.907. The molecule has 1 aromatic rings. The maximum absolute atomic E-state index is 12.7. The zero-order valence-electron chi connectivity index (χ0n) is 13.5. The number of carbonyl (C=O) groups is 1. The molecule has 2 atom stereocenters. The number of nitrogens with zero attached hydrogens (tertiary/aromatic N) is 1. The van der Waals surface area contributed by atoms with Crippen molar-refractivity contribution in [2.75, 3.05) is 20.1 Å². The van der Waals surface area contributed by atoms with Gasteiger partial charge in [-0.2, -0.15) is 0 Å². The van der Waals surface area contributed by atoms with E-state index in [1.54, 1.807) is 0 Å². The van der Waals surface area contributed by atoms with E-state index in [9.17, 15) is 4.79 Å². The second-order valence-electron chi connectivity index (χ2n) is 6.27. The van der Waals surface area contributed by atoms with E-state index in [1.807, 2.05) is 11.9 Å². The molecule has 2 heterocycles. The van der Waals surface area contributed by atoms with Crippen LogP contribution in [0.3, 0.4) is 0 Å². The van der Waals surface area contributed by atoms with Crippen molar-refractivity contribution in [3.63, 3.8) is 0 Å². The van der Waals surface area contributed by atoms with Crippen LogP contribution in [0.25, 0.3) is 0 Å². The SMILES string of the molecule is CNC1CCCN(C(=O)C2Cc3cc(C)c(C)cc3O2)C1.Cl.